The van der Waals surface area contributed by atoms with E-state index in [0.717, 1.165) is 77.4 Å². The first-order valence-electron chi connectivity index (χ1n) is 12.5. The lowest BCUT2D eigenvalue weighted by Crippen LogP contribution is -2.36. The lowest BCUT2D eigenvalue weighted by molar-refractivity contribution is -0.119. The summed E-state index contributed by atoms with van der Waals surface area (Å²) < 4.78 is 7.44. The Kier molecular flexibility index (Phi) is 7.81. The number of thiophene rings is 1. The molecule has 4 heterocycles. The molecule has 0 N–H and O–H groups in total. The Morgan fingerprint density at radius 2 is 1.97 bits per heavy atom. The Morgan fingerprint density at radius 3 is 2.70 bits per heavy atom. The fraction of sp³-hybridized carbons (Fsp3) is 0.444. The van der Waals surface area contributed by atoms with Crippen molar-refractivity contribution in [2.45, 2.75) is 45.7 Å². The Balaban J connectivity index is 1.49. The van der Waals surface area contributed by atoms with Crippen molar-refractivity contribution >= 4 is 34.4 Å². The van der Waals surface area contributed by atoms with Crippen molar-refractivity contribution < 1.29 is 9.53 Å². The summed E-state index contributed by atoms with van der Waals surface area (Å²) in [6.07, 6.45) is 1.58. The van der Waals surface area contributed by atoms with E-state index in [1.165, 1.54) is 0 Å². The van der Waals surface area contributed by atoms with E-state index in [0.29, 0.717) is 23.8 Å². The molecule has 0 aliphatic carbocycles. The molecule has 1 atom stereocenters. The van der Waals surface area contributed by atoms with Gasteiger partial charge in [-0.25, -0.2) is 6.57 Å². The molecule has 192 valence electrons. The molecule has 10 heteroatoms. The molecule has 0 bridgehead atoms. The average molecular weight is 537 g/mol. The molecule has 1 fully saturated rings. The fourth-order valence-electron chi connectivity index (χ4n) is 4.93. The van der Waals surface area contributed by atoms with Gasteiger partial charge in [-0.2, -0.15) is 0 Å². The second-order valence-corrected chi connectivity index (χ2v) is 10.9. The van der Waals surface area contributed by atoms with Crippen molar-refractivity contribution in [2.75, 3.05) is 32.8 Å². The third kappa shape index (κ3) is 5.39. The van der Waals surface area contributed by atoms with Crippen LogP contribution in [0.4, 0.5) is 0 Å². The van der Waals surface area contributed by atoms with Gasteiger partial charge in [0.15, 0.2) is 5.82 Å². The fourth-order valence-corrected chi connectivity index (χ4v) is 6.34. The predicted molar refractivity (Wildman–Crippen MR) is 145 cm³/mol. The first kappa shape index (κ1) is 25.7. The Bertz CT molecular complexity index is 1360. The molecule has 0 unspecified atom stereocenters. The number of nitrogens with zero attached hydrogens (tertiary/aromatic N) is 6. The molecule has 5 rings (SSSR count). The summed E-state index contributed by atoms with van der Waals surface area (Å²) in [5, 5.41) is 10.4. The minimum Gasteiger partial charge on any atom is -0.379 e. The van der Waals surface area contributed by atoms with Crippen LogP contribution in [0.1, 0.15) is 58.5 Å². The zero-order valence-corrected chi connectivity index (χ0v) is 22.6. The van der Waals surface area contributed by atoms with E-state index in [4.69, 9.17) is 27.9 Å². The summed E-state index contributed by atoms with van der Waals surface area (Å²) in [6.45, 7) is 15.9. The number of morpholine rings is 1. The van der Waals surface area contributed by atoms with Gasteiger partial charge in [0.1, 0.15) is 22.7 Å². The van der Waals surface area contributed by atoms with Crippen molar-refractivity contribution in [1.29, 1.82) is 0 Å². The summed E-state index contributed by atoms with van der Waals surface area (Å²) in [5.74, 6) is 1.57. The number of ether oxygens (including phenoxy) is 1. The van der Waals surface area contributed by atoms with Crippen LogP contribution in [0.3, 0.4) is 0 Å². The number of hydrogen-bond donors (Lipinski definition) is 0. The zero-order chi connectivity index (χ0) is 25.9. The topological polar surface area (TPSA) is 77.0 Å². The van der Waals surface area contributed by atoms with Crippen LogP contribution >= 0.6 is 22.9 Å². The molecule has 2 aliphatic rings. The summed E-state index contributed by atoms with van der Waals surface area (Å²) in [6, 6.07) is 7.16. The molecule has 0 amide bonds. The largest absolute Gasteiger partial charge is 0.379 e. The highest BCUT2D eigenvalue weighted by Crippen LogP contribution is 2.40. The van der Waals surface area contributed by atoms with Gasteiger partial charge in [-0.05, 0) is 44.5 Å². The van der Waals surface area contributed by atoms with E-state index in [1.54, 1.807) is 11.3 Å². The van der Waals surface area contributed by atoms with Crippen LogP contribution in [0.2, 0.25) is 5.02 Å². The van der Waals surface area contributed by atoms with Crippen molar-refractivity contribution in [3.05, 3.63) is 73.9 Å². The van der Waals surface area contributed by atoms with Gasteiger partial charge in [-0.3, -0.25) is 19.3 Å². The number of aryl methyl sites for hydroxylation is 1. The van der Waals surface area contributed by atoms with E-state index in [-0.39, 0.29) is 12.2 Å². The van der Waals surface area contributed by atoms with Crippen LogP contribution in [-0.2, 0) is 16.1 Å². The van der Waals surface area contributed by atoms with Crippen LogP contribution in [-0.4, -0.2) is 64.0 Å². The molecule has 1 aromatic carbocycles. The maximum Gasteiger partial charge on any atom is 0.249 e. The third-order valence-corrected chi connectivity index (χ3v) is 8.41. The number of hydrogen-bond acceptors (Lipinski definition) is 7. The number of carbonyl (C=O) groups excluding carboxylic acids is 1. The third-order valence-electron chi connectivity index (χ3n) is 6.89. The quantitative estimate of drug-likeness (QED) is 0.379. The molecule has 2 aliphatic heterocycles. The monoisotopic (exact) mass is 536 g/mol. The molecule has 0 saturated carbocycles. The number of rotatable bonds is 8. The van der Waals surface area contributed by atoms with Gasteiger partial charge in [-0.15, -0.1) is 21.5 Å². The van der Waals surface area contributed by atoms with Crippen molar-refractivity contribution in [3.63, 3.8) is 0 Å². The lowest BCUT2D eigenvalue weighted by atomic mass is 9.99. The van der Waals surface area contributed by atoms with Gasteiger partial charge in [0.05, 0.1) is 23.8 Å². The maximum absolute atomic E-state index is 13.2. The SMILES string of the molecule is [C-]#[N+]Cc1sc2c(c1C)C(c1ccc(Cl)cc1)=N[C@@H](CC(=O)CCCN1CCOCC1)c1nnc(C)n1-2. The molecular weight excluding hydrogens is 508 g/mol. The number of aliphatic imine (C=N–C) groups is 1. The Hall–Kier alpha value is -2.90. The number of fused-ring (bicyclic) bond motifs is 3. The van der Waals surface area contributed by atoms with Crippen LogP contribution < -0.4 is 0 Å². The average Bonchev–Trinajstić information content (AvgIpc) is 3.38. The zero-order valence-electron chi connectivity index (χ0n) is 21.0. The maximum atomic E-state index is 13.2. The normalized spacial score (nSPS) is 17.5. The Labute approximate surface area is 225 Å². The van der Waals surface area contributed by atoms with Crippen LogP contribution in [0.5, 0.6) is 0 Å². The number of carbonyl (C=O) groups is 1. The lowest BCUT2D eigenvalue weighted by Gasteiger charge is -2.26. The summed E-state index contributed by atoms with van der Waals surface area (Å²) in [5.41, 5.74) is 3.72. The smallest absolute Gasteiger partial charge is 0.249 e. The Morgan fingerprint density at radius 1 is 1.22 bits per heavy atom. The van der Waals surface area contributed by atoms with Gasteiger partial charge in [0, 0.05) is 42.1 Å². The van der Waals surface area contributed by atoms with Crippen molar-refractivity contribution in [1.82, 2.24) is 19.7 Å². The molecule has 1 saturated heterocycles. The molecule has 8 nitrogen and oxygen atoms in total. The molecule has 0 spiro atoms. The molecular formula is C27H29ClN6O2S. The van der Waals surface area contributed by atoms with Gasteiger partial charge in [0.25, 0.3) is 0 Å². The number of benzene rings is 1. The first-order chi connectivity index (χ1) is 18.0. The standard InChI is InChI=1S/C27H29ClN6O2S/c1-17-23(16-29-3)37-27-24(17)25(19-6-8-20(28)9-7-19)30-22(26-32-31-18(2)34(26)27)15-21(35)5-4-10-33-11-13-36-14-12-33/h6-9,22H,4-5,10-16H2,1-2H3/t22-/m0/s1. The van der Waals surface area contributed by atoms with Gasteiger partial charge < -0.3 is 9.58 Å². The van der Waals surface area contributed by atoms with Crippen LogP contribution in [0.25, 0.3) is 9.85 Å². The number of halogens is 1. The van der Waals surface area contributed by atoms with Crippen molar-refractivity contribution in [3.8, 4) is 5.00 Å². The summed E-state index contributed by atoms with van der Waals surface area (Å²) in [7, 11) is 0. The van der Waals surface area contributed by atoms with Crippen molar-refractivity contribution in [2.24, 2.45) is 4.99 Å². The van der Waals surface area contributed by atoms with E-state index in [9.17, 15) is 4.79 Å². The summed E-state index contributed by atoms with van der Waals surface area (Å²) in [4.78, 5) is 25.3. The molecule has 2 aromatic heterocycles. The van der Waals surface area contributed by atoms with E-state index in [1.807, 2.05) is 42.7 Å². The first-order valence-corrected chi connectivity index (χ1v) is 13.7. The van der Waals surface area contributed by atoms with E-state index < -0.39 is 6.04 Å². The van der Waals surface area contributed by atoms with Crippen LogP contribution in [0, 0.1) is 20.4 Å². The van der Waals surface area contributed by atoms with Gasteiger partial charge in [-0.1, -0.05) is 23.7 Å². The van der Waals surface area contributed by atoms with Gasteiger partial charge >= 0.3 is 0 Å². The molecule has 3 aromatic rings. The summed E-state index contributed by atoms with van der Waals surface area (Å²) >= 11 is 7.76. The molecule has 37 heavy (non-hydrogen) atoms. The minimum atomic E-state index is -0.453. The highest BCUT2D eigenvalue weighted by molar-refractivity contribution is 7.15. The second kappa shape index (κ2) is 11.2. The molecule has 0 radical (unpaired) electrons. The van der Waals surface area contributed by atoms with Gasteiger partial charge in [0.2, 0.25) is 6.54 Å². The number of Topliss-reactive ketones (excluding diaryl/α,β-unsaturated/α-hetero) is 1. The second-order valence-electron chi connectivity index (χ2n) is 9.39. The van der Waals surface area contributed by atoms with Crippen LogP contribution in [0.15, 0.2) is 29.3 Å². The van der Waals surface area contributed by atoms with E-state index >= 15 is 0 Å². The predicted octanol–water partition coefficient (Wildman–Crippen LogP) is 4.98. The number of aromatic nitrogens is 3. The number of ketones is 1. The highest BCUT2D eigenvalue weighted by Gasteiger charge is 2.33. The minimum absolute atomic E-state index is 0.167. The van der Waals surface area contributed by atoms with E-state index in [2.05, 4.69) is 19.9 Å². The highest BCUT2D eigenvalue weighted by atomic mass is 35.5.